The van der Waals surface area contributed by atoms with Crippen molar-refractivity contribution in [3.8, 4) is 0 Å². The minimum absolute atomic E-state index is 0.0412. The molecule has 0 aromatic heterocycles. The number of hydrogen-bond donors (Lipinski definition) is 1. The van der Waals surface area contributed by atoms with E-state index in [0.29, 0.717) is 10.0 Å². The Morgan fingerprint density at radius 3 is 2.50 bits per heavy atom. The molecule has 2 aromatic rings. The lowest BCUT2D eigenvalue weighted by molar-refractivity contribution is -0.384. The molecule has 0 spiro atoms. The number of rotatable bonds is 4. The van der Waals surface area contributed by atoms with Gasteiger partial charge in [0, 0.05) is 10.5 Å². The van der Waals surface area contributed by atoms with Crippen molar-refractivity contribution < 1.29 is 14.8 Å². The Morgan fingerprint density at radius 2 is 1.95 bits per heavy atom. The number of nitro benzene ring substituents is 1. The van der Waals surface area contributed by atoms with Gasteiger partial charge in [-0.05, 0) is 24.1 Å². The first-order valence-corrected chi connectivity index (χ1v) is 7.18. The fourth-order valence-electron chi connectivity index (χ4n) is 2.22. The van der Waals surface area contributed by atoms with Gasteiger partial charge in [0.1, 0.15) is 5.69 Å². The lowest BCUT2D eigenvalue weighted by Crippen LogP contribution is -2.30. The number of nitro groups is 1. The van der Waals surface area contributed by atoms with Crippen molar-refractivity contribution in [2.75, 3.05) is 4.90 Å². The van der Waals surface area contributed by atoms with Crippen LogP contribution in [0.15, 0.2) is 46.9 Å². The fourth-order valence-corrected chi connectivity index (χ4v) is 2.78. The molecule has 2 rings (SSSR count). The molecular weight excluding hydrogens is 352 g/mol. The summed E-state index contributed by atoms with van der Waals surface area (Å²) in [6, 6.07) is 11.9. The molecule has 1 N–H and O–H groups in total. The van der Waals surface area contributed by atoms with Crippen LogP contribution >= 0.6 is 15.9 Å². The molecule has 0 saturated carbocycles. The van der Waals surface area contributed by atoms with Crippen LogP contribution in [0.1, 0.15) is 11.1 Å². The smallest absolute Gasteiger partial charge is 0.412 e. The summed E-state index contributed by atoms with van der Waals surface area (Å²) in [5.41, 5.74) is 1.11. The molecule has 0 radical (unpaired) electrons. The number of halogens is 1. The summed E-state index contributed by atoms with van der Waals surface area (Å²) < 4.78 is 0.533. The highest BCUT2D eigenvalue weighted by Gasteiger charge is 2.27. The minimum atomic E-state index is -1.24. The van der Waals surface area contributed by atoms with Crippen molar-refractivity contribution in [3.05, 3.63) is 68.2 Å². The van der Waals surface area contributed by atoms with Crippen LogP contribution in [-0.2, 0) is 6.54 Å². The van der Waals surface area contributed by atoms with E-state index in [1.165, 1.54) is 6.07 Å². The molecule has 7 heteroatoms. The van der Waals surface area contributed by atoms with Gasteiger partial charge in [-0.25, -0.2) is 4.79 Å². The molecular formula is C15H13BrN2O4. The zero-order valence-corrected chi connectivity index (χ0v) is 13.3. The van der Waals surface area contributed by atoms with Crippen molar-refractivity contribution in [1.82, 2.24) is 0 Å². The van der Waals surface area contributed by atoms with E-state index in [0.717, 1.165) is 10.5 Å². The standard InChI is InChI=1S/C15H13BrN2O4/c1-10-7-12(16)8-13(18(21)22)14(10)17(15(19)20)9-11-5-3-2-4-6-11/h2-8H,9H2,1H3,(H,19,20). The highest BCUT2D eigenvalue weighted by molar-refractivity contribution is 9.10. The molecule has 0 fully saturated rings. The summed E-state index contributed by atoms with van der Waals surface area (Å²) >= 11 is 3.20. The van der Waals surface area contributed by atoms with E-state index in [9.17, 15) is 20.0 Å². The van der Waals surface area contributed by atoms with Crippen LogP contribution in [-0.4, -0.2) is 16.1 Å². The van der Waals surface area contributed by atoms with Crippen LogP contribution in [0, 0.1) is 17.0 Å². The van der Waals surface area contributed by atoms with E-state index in [1.54, 1.807) is 37.3 Å². The maximum Gasteiger partial charge on any atom is 0.412 e. The second-order valence-electron chi connectivity index (χ2n) is 4.70. The van der Waals surface area contributed by atoms with Gasteiger partial charge in [-0.1, -0.05) is 46.3 Å². The minimum Gasteiger partial charge on any atom is -0.465 e. The SMILES string of the molecule is Cc1cc(Br)cc([N+](=O)[O-])c1N(Cc1ccccc1)C(=O)O. The third-order valence-corrected chi connectivity index (χ3v) is 3.58. The molecule has 0 unspecified atom stereocenters. The van der Waals surface area contributed by atoms with Crippen molar-refractivity contribution in [2.45, 2.75) is 13.5 Å². The molecule has 0 saturated heterocycles. The summed E-state index contributed by atoms with van der Waals surface area (Å²) in [6.45, 7) is 1.69. The quantitative estimate of drug-likeness (QED) is 0.645. The first-order chi connectivity index (χ1) is 10.4. The molecule has 114 valence electrons. The summed E-state index contributed by atoms with van der Waals surface area (Å²) in [5, 5.41) is 20.8. The van der Waals surface area contributed by atoms with Crippen LogP contribution in [0.4, 0.5) is 16.2 Å². The molecule has 1 amide bonds. The van der Waals surface area contributed by atoms with Crippen LogP contribution in [0.2, 0.25) is 0 Å². The third-order valence-electron chi connectivity index (χ3n) is 3.13. The third kappa shape index (κ3) is 3.43. The predicted molar refractivity (Wildman–Crippen MR) is 86.2 cm³/mol. The van der Waals surface area contributed by atoms with Crippen molar-refractivity contribution >= 4 is 33.4 Å². The van der Waals surface area contributed by atoms with E-state index in [-0.39, 0.29) is 17.9 Å². The van der Waals surface area contributed by atoms with E-state index >= 15 is 0 Å². The molecule has 0 heterocycles. The molecule has 0 atom stereocenters. The highest BCUT2D eigenvalue weighted by atomic mass is 79.9. The van der Waals surface area contributed by atoms with Crippen LogP contribution in [0.5, 0.6) is 0 Å². The summed E-state index contributed by atoms with van der Waals surface area (Å²) in [4.78, 5) is 23.3. The topological polar surface area (TPSA) is 83.7 Å². The normalized spacial score (nSPS) is 10.3. The van der Waals surface area contributed by atoms with Crippen molar-refractivity contribution in [3.63, 3.8) is 0 Å². The molecule has 2 aromatic carbocycles. The highest BCUT2D eigenvalue weighted by Crippen LogP contribution is 2.35. The number of anilines is 1. The summed E-state index contributed by atoms with van der Waals surface area (Å²) in [7, 11) is 0. The number of aryl methyl sites for hydroxylation is 1. The maximum atomic E-state index is 11.6. The van der Waals surface area contributed by atoms with Gasteiger partial charge in [0.05, 0.1) is 11.5 Å². The zero-order valence-electron chi connectivity index (χ0n) is 11.7. The first-order valence-electron chi connectivity index (χ1n) is 6.39. The fraction of sp³-hybridized carbons (Fsp3) is 0.133. The Kier molecular flexibility index (Phi) is 4.77. The Labute approximate surface area is 135 Å². The van der Waals surface area contributed by atoms with Gasteiger partial charge in [-0.3, -0.25) is 15.0 Å². The Hall–Kier alpha value is -2.41. The summed E-state index contributed by atoms with van der Waals surface area (Å²) in [5.74, 6) is 0. The van der Waals surface area contributed by atoms with Crippen LogP contribution in [0.25, 0.3) is 0 Å². The van der Waals surface area contributed by atoms with Gasteiger partial charge in [0.15, 0.2) is 0 Å². The molecule has 6 nitrogen and oxygen atoms in total. The number of amides is 1. The van der Waals surface area contributed by atoms with E-state index in [4.69, 9.17) is 0 Å². The average molecular weight is 365 g/mol. The second-order valence-corrected chi connectivity index (χ2v) is 5.62. The van der Waals surface area contributed by atoms with Gasteiger partial charge in [0.2, 0.25) is 0 Å². The monoisotopic (exact) mass is 364 g/mol. The first kappa shape index (κ1) is 16.0. The zero-order chi connectivity index (χ0) is 16.3. The van der Waals surface area contributed by atoms with Crippen molar-refractivity contribution in [1.29, 1.82) is 0 Å². The molecule has 0 aliphatic heterocycles. The Balaban J connectivity index is 2.54. The number of nitrogens with zero attached hydrogens (tertiary/aromatic N) is 2. The second kappa shape index (κ2) is 6.57. The van der Waals surface area contributed by atoms with Gasteiger partial charge in [-0.15, -0.1) is 0 Å². The lowest BCUT2D eigenvalue weighted by Gasteiger charge is -2.21. The number of carboxylic acid groups (broad SMARTS) is 1. The number of hydrogen-bond acceptors (Lipinski definition) is 3. The van der Waals surface area contributed by atoms with E-state index < -0.39 is 11.0 Å². The average Bonchev–Trinajstić information content (AvgIpc) is 2.45. The number of carbonyl (C=O) groups is 1. The van der Waals surface area contributed by atoms with Gasteiger partial charge in [-0.2, -0.15) is 0 Å². The molecule has 0 bridgehead atoms. The lowest BCUT2D eigenvalue weighted by atomic mass is 10.1. The van der Waals surface area contributed by atoms with Gasteiger partial charge in [0.25, 0.3) is 5.69 Å². The predicted octanol–water partition coefficient (Wildman–Crippen LogP) is 4.35. The van der Waals surface area contributed by atoms with E-state index in [1.807, 2.05) is 6.07 Å². The van der Waals surface area contributed by atoms with Crippen LogP contribution < -0.4 is 4.90 Å². The Morgan fingerprint density at radius 1 is 1.32 bits per heavy atom. The molecule has 0 aliphatic carbocycles. The number of benzene rings is 2. The maximum absolute atomic E-state index is 11.6. The van der Waals surface area contributed by atoms with Gasteiger partial charge < -0.3 is 5.11 Å². The van der Waals surface area contributed by atoms with Crippen LogP contribution in [0.3, 0.4) is 0 Å². The summed E-state index contributed by atoms with van der Waals surface area (Å²) in [6.07, 6.45) is -1.24. The van der Waals surface area contributed by atoms with Gasteiger partial charge >= 0.3 is 6.09 Å². The van der Waals surface area contributed by atoms with E-state index in [2.05, 4.69) is 15.9 Å². The van der Waals surface area contributed by atoms with Crippen molar-refractivity contribution in [2.24, 2.45) is 0 Å². The molecule has 22 heavy (non-hydrogen) atoms. The molecule has 0 aliphatic rings. The largest absolute Gasteiger partial charge is 0.465 e. The Bertz CT molecular complexity index is 719.